The number of nitrogens with zero attached hydrogens (tertiary/aromatic N) is 2. The average Bonchev–Trinajstić information content (AvgIpc) is 3.21. The van der Waals surface area contributed by atoms with Crippen molar-refractivity contribution >= 4 is 62.0 Å². The van der Waals surface area contributed by atoms with Gasteiger partial charge in [-0.2, -0.15) is 8.42 Å². The lowest BCUT2D eigenvalue weighted by molar-refractivity contribution is -0.113. The summed E-state index contributed by atoms with van der Waals surface area (Å²) in [4.78, 5) is 20.2. The van der Waals surface area contributed by atoms with Gasteiger partial charge in [0.25, 0.3) is 5.91 Å². The predicted octanol–water partition coefficient (Wildman–Crippen LogP) is 7.22. The third-order valence-corrected chi connectivity index (χ3v) is 8.08. The maximum atomic E-state index is 13.5. The molecule has 4 aromatic rings. The van der Waals surface area contributed by atoms with Gasteiger partial charge in [-0.3, -0.25) is 9.69 Å². The van der Waals surface area contributed by atoms with Crippen LogP contribution >= 0.6 is 23.4 Å². The van der Waals surface area contributed by atoms with Crippen LogP contribution in [0, 0.1) is 6.92 Å². The van der Waals surface area contributed by atoms with Crippen molar-refractivity contribution in [2.24, 2.45) is 4.99 Å². The SMILES string of the molecule is Cc1ccc(S(=O)(=O)Oc2ccc(/C=C3/SC(=Nc4ccccc4)N(c4ccccc4)C3=O)cc2Cl)cc1. The van der Waals surface area contributed by atoms with Crippen LogP contribution in [-0.4, -0.2) is 19.5 Å². The van der Waals surface area contributed by atoms with Crippen LogP contribution in [0.2, 0.25) is 5.02 Å². The number of hydrogen-bond donors (Lipinski definition) is 0. The van der Waals surface area contributed by atoms with Crippen molar-refractivity contribution in [3.63, 3.8) is 0 Å². The van der Waals surface area contributed by atoms with Gasteiger partial charge in [-0.1, -0.05) is 71.8 Å². The van der Waals surface area contributed by atoms with Crippen LogP contribution in [0.5, 0.6) is 5.75 Å². The number of para-hydroxylation sites is 2. The normalized spacial score (nSPS) is 15.8. The maximum Gasteiger partial charge on any atom is 0.339 e. The average molecular weight is 561 g/mol. The molecular formula is C29H21ClN2O4S2. The number of amides is 1. The molecule has 0 unspecified atom stereocenters. The van der Waals surface area contributed by atoms with Crippen LogP contribution in [0.3, 0.4) is 0 Å². The van der Waals surface area contributed by atoms with E-state index in [0.717, 1.165) is 11.3 Å². The van der Waals surface area contributed by atoms with Crippen LogP contribution in [-0.2, 0) is 14.9 Å². The Morgan fingerprint density at radius 3 is 2.21 bits per heavy atom. The molecule has 38 heavy (non-hydrogen) atoms. The van der Waals surface area contributed by atoms with Gasteiger partial charge in [0, 0.05) is 0 Å². The van der Waals surface area contributed by atoms with Gasteiger partial charge >= 0.3 is 10.1 Å². The van der Waals surface area contributed by atoms with Crippen LogP contribution in [0.1, 0.15) is 11.1 Å². The lowest BCUT2D eigenvalue weighted by Gasteiger charge is -2.15. The first-order valence-electron chi connectivity index (χ1n) is 11.5. The minimum absolute atomic E-state index is 0.00275. The first-order valence-corrected chi connectivity index (χ1v) is 14.1. The Morgan fingerprint density at radius 2 is 1.55 bits per heavy atom. The molecule has 0 spiro atoms. The summed E-state index contributed by atoms with van der Waals surface area (Å²) >= 11 is 7.63. The number of aliphatic imine (C=N–C) groups is 1. The van der Waals surface area contributed by atoms with Gasteiger partial charge in [0.15, 0.2) is 10.9 Å². The molecule has 1 saturated heterocycles. The molecule has 0 radical (unpaired) electrons. The lowest BCUT2D eigenvalue weighted by Crippen LogP contribution is -2.28. The van der Waals surface area contributed by atoms with Crippen molar-refractivity contribution < 1.29 is 17.4 Å². The van der Waals surface area contributed by atoms with Crippen molar-refractivity contribution in [2.45, 2.75) is 11.8 Å². The number of halogens is 1. The van der Waals surface area contributed by atoms with Gasteiger partial charge < -0.3 is 4.18 Å². The molecule has 0 atom stereocenters. The van der Waals surface area contributed by atoms with Crippen LogP contribution in [0.4, 0.5) is 11.4 Å². The highest BCUT2D eigenvalue weighted by atomic mass is 35.5. The molecule has 1 amide bonds. The molecule has 5 rings (SSSR count). The fraction of sp³-hybridized carbons (Fsp3) is 0.0345. The molecule has 1 aliphatic rings. The first-order chi connectivity index (χ1) is 18.3. The molecule has 190 valence electrons. The summed E-state index contributed by atoms with van der Waals surface area (Å²) in [6.45, 7) is 1.87. The molecule has 0 aromatic heterocycles. The van der Waals surface area contributed by atoms with Crippen molar-refractivity contribution in [2.75, 3.05) is 4.90 Å². The van der Waals surface area contributed by atoms with E-state index in [1.165, 1.54) is 30.0 Å². The highest BCUT2D eigenvalue weighted by Gasteiger charge is 2.34. The number of thioether (sulfide) groups is 1. The molecule has 0 aliphatic carbocycles. The second-order valence-electron chi connectivity index (χ2n) is 8.36. The zero-order valence-electron chi connectivity index (χ0n) is 20.1. The maximum absolute atomic E-state index is 13.5. The smallest absolute Gasteiger partial charge is 0.339 e. The Balaban J connectivity index is 1.44. The van der Waals surface area contributed by atoms with Crippen LogP contribution in [0.25, 0.3) is 6.08 Å². The molecule has 0 bridgehead atoms. The number of rotatable bonds is 6. The zero-order chi connectivity index (χ0) is 26.7. The van der Waals surface area contributed by atoms with E-state index in [-0.39, 0.29) is 21.6 Å². The minimum Gasteiger partial charge on any atom is -0.377 e. The summed E-state index contributed by atoms with van der Waals surface area (Å²) in [5, 5.41) is 0.623. The van der Waals surface area contributed by atoms with Gasteiger partial charge in [-0.05, 0) is 78.9 Å². The highest BCUT2D eigenvalue weighted by Crippen LogP contribution is 2.38. The zero-order valence-corrected chi connectivity index (χ0v) is 22.5. The van der Waals surface area contributed by atoms with Gasteiger partial charge in [0.05, 0.1) is 21.3 Å². The number of carbonyl (C=O) groups is 1. The Bertz CT molecular complexity index is 1650. The number of anilines is 1. The molecule has 1 aliphatic heterocycles. The van der Waals surface area contributed by atoms with Crippen molar-refractivity contribution in [3.05, 3.63) is 124 Å². The van der Waals surface area contributed by atoms with Crippen LogP contribution < -0.4 is 9.08 Å². The Morgan fingerprint density at radius 1 is 0.895 bits per heavy atom. The monoisotopic (exact) mass is 560 g/mol. The molecular weight excluding hydrogens is 540 g/mol. The van der Waals surface area contributed by atoms with Gasteiger partial charge in [0.2, 0.25) is 0 Å². The summed E-state index contributed by atoms with van der Waals surface area (Å²) in [7, 11) is -4.05. The number of hydrogen-bond acceptors (Lipinski definition) is 6. The van der Waals surface area contributed by atoms with Gasteiger partial charge in [-0.25, -0.2) is 4.99 Å². The summed E-state index contributed by atoms with van der Waals surface area (Å²) in [6, 6.07) is 29.7. The highest BCUT2D eigenvalue weighted by molar-refractivity contribution is 8.19. The summed E-state index contributed by atoms with van der Waals surface area (Å²) in [5.74, 6) is -0.230. The van der Waals surface area contributed by atoms with E-state index in [9.17, 15) is 13.2 Å². The third-order valence-electron chi connectivity index (χ3n) is 5.56. The van der Waals surface area contributed by atoms with E-state index in [4.69, 9.17) is 20.8 Å². The quantitative estimate of drug-likeness (QED) is 0.184. The molecule has 1 heterocycles. The molecule has 1 fully saturated rings. The lowest BCUT2D eigenvalue weighted by atomic mass is 10.2. The fourth-order valence-corrected chi connectivity index (χ4v) is 5.89. The Kier molecular flexibility index (Phi) is 7.37. The van der Waals surface area contributed by atoms with Gasteiger partial charge in [-0.15, -0.1) is 0 Å². The van der Waals surface area contributed by atoms with E-state index < -0.39 is 10.1 Å². The van der Waals surface area contributed by atoms with E-state index in [1.807, 2.05) is 67.6 Å². The Labute approximate surface area is 230 Å². The standard InChI is InChI=1S/C29H21ClN2O4S2/c1-20-12-15-24(16-13-20)38(34,35)36-26-17-14-21(18-25(26)30)19-27-28(33)32(23-10-6-3-7-11-23)29(37-27)31-22-8-4-2-5-9-22/h2-19H,1H3/b27-19+,31-29?. The third kappa shape index (κ3) is 5.67. The number of carbonyl (C=O) groups excluding carboxylic acids is 1. The second kappa shape index (κ2) is 10.9. The predicted molar refractivity (Wildman–Crippen MR) is 153 cm³/mol. The summed E-state index contributed by atoms with van der Waals surface area (Å²) in [6.07, 6.45) is 1.70. The van der Waals surface area contributed by atoms with Crippen LogP contribution in [0.15, 0.2) is 118 Å². The molecule has 0 saturated carbocycles. The summed E-state index contributed by atoms with van der Waals surface area (Å²) in [5.41, 5.74) is 2.97. The Hall–Kier alpha value is -3.85. The van der Waals surface area contributed by atoms with Gasteiger partial charge in [0.1, 0.15) is 4.90 Å². The van der Waals surface area contributed by atoms with Crippen molar-refractivity contribution in [1.82, 2.24) is 0 Å². The second-order valence-corrected chi connectivity index (χ2v) is 11.3. The largest absolute Gasteiger partial charge is 0.377 e. The van der Waals surface area contributed by atoms with E-state index in [1.54, 1.807) is 35.2 Å². The number of amidine groups is 1. The molecule has 9 heteroatoms. The fourth-order valence-electron chi connectivity index (χ4n) is 3.66. The van der Waals surface area contributed by atoms with Crippen molar-refractivity contribution in [1.29, 1.82) is 0 Å². The first kappa shape index (κ1) is 25.8. The summed E-state index contributed by atoms with van der Waals surface area (Å²) < 4.78 is 30.6. The number of benzene rings is 4. The minimum atomic E-state index is -4.05. The molecule has 6 nitrogen and oxygen atoms in total. The van der Waals surface area contributed by atoms with E-state index in [0.29, 0.717) is 21.3 Å². The van der Waals surface area contributed by atoms with Crippen molar-refractivity contribution in [3.8, 4) is 5.75 Å². The van der Waals surface area contributed by atoms with E-state index >= 15 is 0 Å². The molecule has 4 aromatic carbocycles. The van der Waals surface area contributed by atoms with E-state index in [2.05, 4.69) is 0 Å². The molecule has 0 N–H and O–H groups in total. The number of aryl methyl sites for hydroxylation is 1. The topological polar surface area (TPSA) is 76.0 Å².